The van der Waals surface area contributed by atoms with Gasteiger partial charge in [0.05, 0.1) is 12.0 Å². The number of hydrogen-bond acceptors (Lipinski definition) is 4. The number of benzene rings is 1. The van der Waals surface area contributed by atoms with E-state index in [4.69, 9.17) is 4.74 Å². The van der Waals surface area contributed by atoms with E-state index in [0.717, 1.165) is 57.0 Å². The van der Waals surface area contributed by atoms with Gasteiger partial charge in [-0.3, -0.25) is 9.59 Å². The monoisotopic (exact) mass is 466 g/mol. The second kappa shape index (κ2) is 10.5. The minimum atomic E-state index is -0.115. The summed E-state index contributed by atoms with van der Waals surface area (Å²) in [6.07, 6.45) is 9.86. The number of ether oxygens (including phenoxy) is 1. The zero-order chi connectivity index (χ0) is 23.5. The number of methoxy groups -OCH3 is 1. The molecule has 3 fully saturated rings. The predicted molar refractivity (Wildman–Crippen MR) is 132 cm³/mol. The Morgan fingerprint density at radius 2 is 1.97 bits per heavy atom. The number of carbonyl (C=O) groups excluding carboxylic acids is 2. The molecule has 3 aliphatic rings. The second-order valence-corrected chi connectivity index (χ2v) is 10.3. The van der Waals surface area contributed by atoms with Crippen LogP contribution >= 0.6 is 0 Å². The molecule has 1 unspecified atom stereocenters. The summed E-state index contributed by atoms with van der Waals surface area (Å²) in [6.45, 7) is 2.10. The van der Waals surface area contributed by atoms with Gasteiger partial charge in [-0.25, -0.2) is 0 Å². The van der Waals surface area contributed by atoms with Crippen LogP contribution in [0.15, 0.2) is 30.5 Å². The number of H-pyrrole nitrogens is 1. The Hall–Kier alpha value is -2.38. The number of para-hydroxylation sites is 1. The zero-order valence-corrected chi connectivity index (χ0v) is 20.2. The molecule has 3 atom stereocenters. The molecule has 1 aliphatic heterocycles. The van der Waals surface area contributed by atoms with Gasteiger partial charge in [0.15, 0.2) is 0 Å². The molecule has 1 aromatic carbocycles. The van der Waals surface area contributed by atoms with Gasteiger partial charge in [0, 0.05) is 61.9 Å². The normalized spacial score (nSPS) is 23.9. The van der Waals surface area contributed by atoms with Gasteiger partial charge >= 0.3 is 0 Å². The van der Waals surface area contributed by atoms with Crippen molar-refractivity contribution in [1.82, 2.24) is 20.5 Å². The smallest absolute Gasteiger partial charge is 0.227 e. The summed E-state index contributed by atoms with van der Waals surface area (Å²) in [7, 11) is 1.73. The van der Waals surface area contributed by atoms with Crippen molar-refractivity contribution in [3.05, 3.63) is 36.0 Å². The maximum Gasteiger partial charge on any atom is 0.227 e. The maximum atomic E-state index is 14.0. The van der Waals surface area contributed by atoms with Crippen LogP contribution in [-0.2, 0) is 14.3 Å². The Labute approximate surface area is 202 Å². The van der Waals surface area contributed by atoms with E-state index in [1.807, 2.05) is 6.07 Å². The lowest BCUT2D eigenvalue weighted by molar-refractivity contribution is -0.140. The highest BCUT2D eigenvalue weighted by molar-refractivity contribution is 5.86. The summed E-state index contributed by atoms with van der Waals surface area (Å²) < 4.78 is 5.35. The molecule has 2 saturated carbocycles. The average molecular weight is 467 g/mol. The first-order chi connectivity index (χ1) is 16.7. The molecule has 2 aliphatic carbocycles. The van der Waals surface area contributed by atoms with Crippen LogP contribution in [0.4, 0.5) is 0 Å². The van der Waals surface area contributed by atoms with Crippen LogP contribution in [0.5, 0.6) is 0 Å². The van der Waals surface area contributed by atoms with Crippen molar-refractivity contribution >= 4 is 22.7 Å². The third kappa shape index (κ3) is 5.01. The van der Waals surface area contributed by atoms with E-state index < -0.39 is 0 Å². The summed E-state index contributed by atoms with van der Waals surface area (Å²) in [4.78, 5) is 32.2. The molecule has 184 valence electrons. The number of fused-ring (bicyclic) bond motifs is 1. The van der Waals surface area contributed by atoms with E-state index in [9.17, 15) is 9.59 Å². The maximum absolute atomic E-state index is 14.0. The molecule has 3 N–H and O–H groups in total. The molecule has 0 radical (unpaired) electrons. The SMILES string of the molecule is COCCCC(c1c[nH]c2ccccc12)N(C(=O)[C@@H]1CNC[C@H](NC(=O)C2CCC2)C1)C1CC1. The summed E-state index contributed by atoms with van der Waals surface area (Å²) >= 11 is 0. The van der Waals surface area contributed by atoms with Crippen molar-refractivity contribution in [3.8, 4) is 0 Å². The highest BCUT2D eigenvalue weighted by atomic mass is 16.5. The molecule has 2 amide bonds. The average Bonchev–Trinajstić information content (AvgIpc) is 3.55. The first-order valence-corrected chi connectivity index (χ1v) is 13.0. The highest BCUT2D eigenvalue weighted by Crippen LogP contribution is 2.40. The number of amides is 2. The Morgan fingerprint density at radius 1 is 1.15 bits per heavy atom. The quantitative estimate of drug-likeness (QED) is 0.468. The van der Waals surface area contributed by atoms with Crippen molar-refractivity contribution < 1.29 is 14.3 Å². The molecular weight excluding hydrogens is 428 g/mol. The Kier molecular flexibility index (Phi) is 7.21. The van der Waals surface area contributed by atoms with E-state index in [1.54, 1.807) is 7.11 Å². The molecule has 2 aromatic rings. The largest absolute Gasteiger partial charge is 0.385 e. The van der Waals surface area contributed by atoms with E-state index in [1.165, 1.54) is 10.9 Å². The minimum absolute atomic E-state index is 0.0243. The van der Waals surface area contributed by atoms with E-state index in [2.05, 4.69) is 44.9 Å². The third-order valence-corrected chi connectivity index (χ3v) is 7.86. The lowest BCUT2D eigenvalue weighted by Gasteiger charge is -2.38. The first kappa shape index (κ1) is 23.4. The van der Waals surface area contributed by atoms with E-state index >= 15 is 0 Å². The number of hydrogen-bond donors (Lipinski definition) is 3. The minimum Gasteiger partial charge on any atom is -0.385 e. The summed E-state index contributed by atoms with van der Waals surface area (Å²) in [6, 6.07) is 8.70. The van der Waals surface area contributed by atoms with Crippen molar-refractivity contribution in [3.63, 3.8) is 0 Å². The lowest BCUT2D eigenvalue weighted by atomic mass is 9.84. The highest BCUT2D eigenvalue weighted by Gasteiger charge is 2.42. The number of aromatic nitrogens is 1. The fraction of sp³-hybridized carbons (Fsp3) is 0.630. The number of rotatable bonds is 10. The molecule has 1 aromatic heterocycles. The Balaban J connectivity index is 1.35. The van der Waals surface area contributed by atoms with Crippen LogP contribution < -0.4 is 10.6 Å². The fourth-order valence-corrected chi connectivity index (χ4v) is 5.62. The predicted octanol–water partition coefficient (Wildman–Crippen LogP) is 3.52. The number of carbonyl (C=O) groups is 2. The van der Waals surface area contributed by atoms with Crippen LogP contribution in [0.3, 0.4) is 0 Å². The molecule has 0 spiro atoms. The van der Waals surface area contributed by atoms with Crippen molar-refractivity contribution in [2.75, 3.05) is 26.8 Å². The van der Waals surface area contributed by atoms with Crippen LogP contribution in [0, 0.1) is 11.8 Å². The molecule has 7 nitrogen and oxygen atoms in total. The standard InChI is InChI=1S/C27H38N4O3/c1-34-13-5-10-25(23-17-29-24-9-3-2-8-22(23)24)31(21-11-12-21)27(33)19-14-20(16-28-15-19)30-26(32)18-6-4-7-18/h2-3,8-9,17-21,25,28-29H,4-7,10-16H2,1H3,(H,30,32)/t19-,20+,25?/m0/s1. The van der Waals surface area contributed by atoms with E-state index in [-0.39, 0.29) is 35.7 Å². The van der Waals surface area contributed by atoms with Gasteiger partial charge in [0.25, 0.3) is 0 Å². The van der Waals surface area contributed by atoms with Crippen LogP contribution in [0.25, 0.3) is 10.9 Å². The first-order valence-electron chi connectivity index (χ1n) is 13.0. The molecule has 2 heterocycles. The van der Waals surface area contributed by atoms with Gasteiger partial charge in [-0.15, -0.1) is 0 Å². The summed E-state index contributed by atoms with van der Waals surface area (Å²) in [5.74, 6) is 0.453. The van der Waals surface area contributed by atoms with Crippen LogP contribution in [-0.4, -0.2) is 60.6 Å². The van der Waals surface area contributed by atoms with Crippen molar-refractivity contribution in [2.24, 2.45) is 11.8 Å². The van der Waals surface area contributed by atoms with Gasteiger partial charge in [-0.05, 0) is 56.6 Å². The van der Waals surface area contributed by atoms with Gasteiger partial charge in [-0.2, -0.15) is 0 Å². The zero-order valence-electron chi connectivity index (χ0n) is 20.2. The summed E-state index contributed by atoms with van der Waals surface area (Å²) in [5, 5.41) is 7.84. The molecule has 7 heteroatoms. The van der Waals surface area contributed by atoms with Gasteiger partial charge in [0.1, 0.15) is 0 Å². The number of aromatic amines is 1. The number of piperidine rings is 1. The van der Waals surface area contributed by atoms with Crippen molar-refractivity contribution in [1.29, 1.82) is 0 Å². The molecule has 1 saturated heterocycles. The Bertz CT molecular complexity index is 997. The number of nitrogens with one attached hydrogen (secondary N) is 3. The van der Waals surface area contributed by atoms with Crippen molar-refractivity contribution in [2.45, 2.75) is 69.5 Å². The fourth-order valence-electron chi connectivity index (χ4n) is 5.62. The van der Waals surface area contributed by atoms with Gasteiger partial charge < -0.3 is 25.3 Å². The van der Waals surface area contributed by atoms with Gasteiger partial charge in [0.2, 0.25) is 11.8 Å². The second-order valence-electron chi connectivity index (χ2n) is 10.3. The lowest BCUT2D eigenvalue weighted by Crippen LogP contribution is -2.54. The number of nitrogens with zero attached hydrogens (tertiary/aromatic N) is 1. The van der Waals surface area contributed by atoms with Gasteiger partial charge in [-0.1, -0.05) is 24.6 Å². The molecule has 5 rings (SSSR count). The molecular formula is C27H38N4O3. The Morgan fingerprint density at radius 3 is 2.71 bits per heavy atom. The van der Waals surface area contributed by atoms with Crippen LogP contribution in [0.2, 0.25) is 0 Å². The van der Waals surface area contributed by atoms with E-state index in [0.29, 0.717) is 25.6 Å². The third-order valence-electron chi connectivity index (χ3n) is 7.86. The topological polar surface area (TPSA) is 86.5 Å². The molecule has 0 bridgehead atoms. The molecule has 34 heavy (non-hydrogen) atoms. The summed E-state index contributed by atoms with van der Waals surface area (Å²) in [5.41, 5.74) is 2.31. The van der Waals surface area contributed by atoms with Crippen LogP contribution in [0.1, 0.15) is 63.0 Å².